The molecule has 0 aromatic heterocycles. The number of nitrogens with zero attached hydrogens (tertiary/aromatic N) is 1. The van der Waals surface area contributed by atoms with Crippen molar-refractivity contribution in [2.75, 3.05) is 13.7 Å². The van der Waals surface area contributed by atoms with E-state index >= 15 is 0 Å². The Bertz CT molecular complexity index is 355. The van der Waals surface area contributed by atoms with Crippen LogP contribution in [0.3, 0.4) is 0 Å². The lowest BCUT2D eigenvalue weighted by atomic mass is 9.60. The Morgan fingerprint density at radius 1 is 1.30 bits per heavy atom. The van der Waals surface area contributed by atoms with Gasteiger partial charge in [0.05, 0.1) is 6.10 Å². The summed E-state index contributed by atoms with van der Waals surface area (Å²) in [4.78, 5) is 14.1. The summed E-state index contributed by atoms with van der Waals surface area (Å²) in [6.07, 6.45) is 5.92. The Kier molecular flexibility index (Phi) is 4.33. The smallest absolute Gasteiger partial charge is 0.410 e. The normalized spacial score (nSPS) is 28.2. The van der Waals surface area contributed by atoms with Gasteiger partial charge in [0, 0.05) is 25.1 Å². The summed E-state index contributed by atoms with van der Waals surface area (Å²) in [5.74, 6) is 0. The molecule has 2 saturated carbocycles. The number of rotatable bonds is 3. The predicted molar refractivity (Wildman–Crippen MR) is 78.7 cm³/mol. The van der Waals surface area contributed by atoms with Crippen molar-refractivity contribution in [3.8, 4) is 0 Å². The molecule has 2 aliphatic carbocycles. The minimum Gasteiger partial charge on any atom is -0.444 e. The molecule has 0 aliphatic heterocycles. The topological polar surface area (TPSA) is 38.8 Å². The number of hydrogen-bond acceptors (Lipinski definition) is 3. The maximum absolute atomic E-state index is 12.3. The van der Waals surface area contributed by atoms with Crippen LogP contribution in [0.1, 0.15) is 59.8 Å². The fourth-order valence-electron chi connectivity index (χ4n) is 3.85. The van der Waals surface area contributed by atoms with Crippen LogP contribution < -0.4 is 0 Å². The quantitative estimate of drug-likeness (QED) is 0.794. The Morgan fingerprint density at radius 3 is 2.40 bits per heavy atom. The monoisotopic (exact) mass is 283 g/mol. The van der Waals surface area contributed by atoms with E-state index in [1.54, 1.807) is 0 Å². The van der Waals surface area contributed by atoms with E-state index in [4.69, 9.17) is 9.47 Å². The first-order valence-corrected chi connectivity index (χ1v) is 7.87. The van der Waals surface area contributed by atoms with Gasteiger partial charge in [0.15, 0.2) is 0 Å². The van der Waals surface area contributed by atoms with Crippen molar-refractivity contribution >= 4 is 6.09 Å². The molecule has 0 saturated heterocycles. The zero-order valence-electron chi connectivity index (χ0n) is 13.6. The van der Waals surface area contributed by atoms with E-state index in [9.17, 15) is 4.79 Å². The second kappa shape index (κ2) is 5.55. The molecular weight excluding hydrogens is 254 g/mol. The molecule has 1 amide bonds. The van der Waals surface area contributed by atoms with Crippen molar-refractivity contribution in [1.82, 2.24) is 4.90 Å². The van der Waals surface area contributed by atoms with E-state index in [2.05, 4.69) is 0 Å². The van der Waals surface area contributed by atoms with Crippen molar-refractivity contribution < 1.29 is 14.3 Å². The Labute approximate surface area is 122 Å². The van der Waals surface area contributed by atoms with Crippen LogP contribution in [-0.4, -0.2) is 42.4 Å². The van der Waals surface area contributed by atoms with E-state index in [-0.39, 0.29) is 17.6 Å². The first-order chi connectivity index (χ1) is 9.30. The van der Waals surface area contributed by atoms with Crippen LogP contribution in [0, 0.1) is 5.41 Å². The molecule has 116 valence electrons. The van der Waals surface area contributed by atoms with Gasteiger partial charge in [-0.05, 0) is 47.0 Å². The first-order valence-electron chi connectivity index (χ1n) is 7.87. The van der Waals surface area contributed by atoms with E-state index in [0.717, 1.165) is 13.0 Å². The highest BCUT2D eigenvalue weighted by Crippen LogP contribution is 2.56. The molecular formula is C16H29NO3. The van der Waals surface area contributed by atoms with Gasteiger partial charge in [0.2, 0.25) is 0 Å². The third-order valence-corrected chi connectivity index (χ3v) is 4.79. The number of hydrogen-bond donors (Lipinski definition) is 0. The predicted octanol–water partition coefficient (Wildman–Crippen LogP) is 3.59. The maximum atomic E-state index is 12.3. The summed E-state index contributed by atoms with van der Waals surface area (Å²) in [5.41, 5.74) is -0.251. The minimum atomic E-state index is -0.433. The molecule has 2 atom stereocenters. The summed E-state index contributed by atoms with van der Waals surface area (Å²) >= 11 is 0. The Morgan fingerprint density at radius 2 is 1.90 bits per heavy atom. The zero-order chi connectivity index (χ0) is 15.0. The largest absolute Gasteiger partial charge is 0.444 e. The highest BCUT2D eigenvalue weighted by molar-refractivity contribution is 5.68. The van der Waals surface area contributed by atoms with Gasteiger partial charge in [-0.2, -0.15) is 0 Å². The molecule has 1 spiro atoms. The molecule has 0 unspecified atom stereocenters. The Hall–Kier alpha value is -0.770. The molecule has 0 radical (unpaired) electrons. The number of ether oxygens (including phenoxy) is 2. The summed E-state index contributed by atoms with van der Waals surface area (Å²) in [6, 6.07) is 0.274. The second-order valence-electron chi connectivity index (χ2n) is 7.23. The highest BCUT2D eigenvalue weighted by atomic mass is 16.6. The lowest BCUT2D eigenvalue weighted by molar-refractivity contribution is -0.157. The van der Waals surface area contributed by atoms with Crippen LogP contribution in [0.5, 0.6) is 0 Å². The third-order valence-electron chi connectivity index (χ3n) is 4.79. The second-order valence-corrected chi connectivity index (χ2v) is 7.23. The molecule has 0 aromatic rings. The number of carbonyl (C=O) groups excluding carboxylic acids is 1. The fraction of sp³-hybridized carbons (Fsp3) is 0.938. The molecule has 2 aliphatic rings. The SMILES string of the molecule is CCO[C@@H]1C[C@@H](N(C)C(=O)OC(C)(C)C)C12CCCC2. The van der Waals surface area contributed by atoms with E-state index in [1.807, 2.05) is 39.6 Å². The van der Waals surface area contributed by atoms with Gasteiger partial charge in [-0.25, -0.2) is 4.79 Å². The van der Waals surface area contributed by atoms with Crippen molar-refractivity contribution in [2.24, 2.45) is 5.41 Å². The molecule has 4 nitrogen and oxygen atoms in total. The van der Waals surface area contributed by atoms with Crippen LogP contribution in [0.2, 0.25) is 0 Å². The Balaban J connectivity index is 2.03. The lowest BCUT2D eigenvalue weighted by Crippen LogP contribution is -2.64. The van der Waals surface area contributed by atoms with Crippen LogP contribution in [0.4, 0.5) is 4.79 Å². The average molecular weight is 283 g/mol. The summed E-state index contributed by atoms with van der Waals surface area (Å²) < 4.78 is 11.4. The van der Waals surface area contributed by atoms with E-state index < -0.39 is 5.60 Å². The van der Waals surface area contributed by atoms with Gasteiger partial charge in [-0.15, -0.1) is 0 Å². The zero-order valence-corrected chi connectivity index (χ0v) is 13.6. The van der Waals surface area contributed by atoms with Crippen molar-refractivity contribution in [1.29, 1.82) is 0 Å². The number of amides is 1. The lowest BCUT2D eigenvalue weighted by Gasteiger charge is -2.56. The van der Waals surface area contributed by atoms with Gasteiger partial charge in [-0.3, -0.25) is 0 Å². The van der Waals surface area contributed by atoms with Crippen LogP contribution in [-0.2, 0) is 9.47 Å². The summed E-state index contributed by atoms with van der Waals surface area (Å²) in [7, 11) is 1.88. The minimum absolute atomic E-state index is 0.182. The molecule has 2 fully saturated rings. The maximum Gasteiger partial charge on any atom is 0.410 e. The van der Waals surface area contributed by atoms with Gasteiger partial charge in [0.1, 0.15) is 5.60 Å². The molecule has 0 heterocycles. The van der Waals surface area contributed by atoms with Crippen molar-refractivity contribution in [2.45, 2.75) is 77.5 Å². The molecule has 0 N–H and O–H groups in total. The first kappa shape index (κ1) is 15.6. The van der Waals surface area contributed by atoms with Crippen LogP contribution in [0.15, 0.2) is 0 Å². The summed E-state index contributed by atoms with van der Waals surface area (Å²) in [5, 5.41) is 0. The molecule has 0 aromatic carbocycles. The molecule has 0 bridgehead atoms. The number of carbonyl (C=O) groups is 1. The van der Waals surface area contributed by atoms with E-state index in [0.29, 0.717) is 6.10 Å². The van der Waals surface area contributed by atoms with Gasteiger partial charge < -0.3 is 14.4 Å². The molecule has 4 heteroatoms. The van der Waals surface area contributed by atoms with Crippen molar-refractivity contribution in [3.63, 3.8) is 0 Å². The molecule has 20 heavy (non-hydrogen) atoms. The van der Waals surface area contributed by atoms with Gasteiger partial charge in [-0.1, -0.05) is 12.8 Å². The van der Waals surface area contributed by atoms with Crippen molar-refractivity contribution in [3.05, 3.63) is 0 Å². The fourth-order valence-corrected chi connectivity index (χ4v) is 3.85. The summed E-state index contributed by atoms with van der Waals surface area (Å²) in [6.45, 7) is 8.54. The van der Waals surface area contributed by atoms with Crippen LogP contribution >= 0.6 is 0 Å². The average Bonchev–Trinajstić information content (AvgIpc) is 2.83. The highest BCUT2D eigenvalue weighted by Gasteiger charge is 2.59. The van der Waals surface area contributed by atoms with Crippen LogP contribution in [0.25, 0.3) is 0 Å². The molecule has 2 rings (SSSR count). The van der Waals surface area contributed by atoms with E-state index in [1.165, 1.54) is 25.7 Å². The standard InChI is InChI=1S/C16H29NO3/c1-6-19-13-11-12(16(13)9-7-8-10-16)17(5)14(18)20-15(2,3)4/h12-13H,6-11H2,1-5H3/t12-,13-/m1/s1. The van der Waals surface area contributed by atoms with Gasteiger partial charge in [0.25, 0.3) is 0 Å². The third kappa shape index (κ3) is 2.80. The van der Waals surface area contributed by atoms with Gasteiger partial charge >= 0.3 is 6.09 Å².